The number of dihydropyridines is 1. The Hall–Kier alpha value is -4.27. The molecule has 0 unspecified atom stereocenters. The maximum atomic E-state index is 13.7. The van der Waals surface area contributed by atoms with E-state index in [1.54, 1.807) is 25.1 Å². The zero-order chi connectivity index (χ0) is 32.8. The largest absolute Gasteiger partial charge is 0.481 e. The number of nitrogens with one attached hydrogen (secondary N) is 1. The molecule has 4 atom stereocenters. The molecule has 1 aliphatic carbocycles. The van der Waals surface area contributed by atoms with Crippen LogP contribution in [0, 0.1) is 11.8 Å². The molecule has 1 fully saturated rings. The normalized spacial score (nSPS) is 27.3. The molecule has 9 nitrogen and oxygen atoms in total. The van der Waals surface area contributed by atoms with E-state index in [0.29, 0.717) is 48.0 Å². The quantitative estimate of drug-likeness (QED) is 0.172. The number of nitrogens with two attached hydrogens (primary N) is 1. The molecule has 0 radical (unpaired) electrons. The lowest BCUT2D eigenvalue weighted by molar-refractivity contribution is -0.185. The SMILES string of the molecule is C/C=C(\C)C(=O)O[C@]1(C)CC=C[C@@H](C2=C(CC(=O)N3CC[C@@H]3CCC(C)C)CNC(N)=C2)[C@]12Cc1cc3ccc(=O)oc3cc1O2. The molecule has 0 saturated carbocycles. The Labute approximate surface area is 270 Å². The number of benzene rings is 1. The number of ether oxygens (including phenoxy) is 2. The van der Waals surface area contributed by atoms with Crippen LogP contribution in [0.25, 0.3) is 11.0 Å². The lowest BCUT2D eigenvalue weighted by Crippen LogP contribution is -2.63. The van der Waals surface area contributed by atoms with E-state index in [9.17, 15) is 14.4 Å². The molecule has 6 rings (SSSR count). The molecule has 244 valence electrons. The molecular formula is C37H45N3O6. The first-order valence-electron chi connectivity index (χ1n) is 16.4. The van der Waals surface area contributed by atoms with Crippen molar-refractivity contribution >= 4 is 22.8 Å². The van der Waals surface area contributed by atoms with E-state index < -0.39 is 28.7 Å². The fraction of sp³-hybridized carbons (Fsp3) is 0.486. The van der Waals surface area contributed by atoms with Crippen molar-refractivity contribution in [2.75, 3.05) is 13.1 Å². The van der Waals surface area contributed by atoms with Gasteiger partial charge in [-0.05, 0) is 80.9 Å². The van der Waals surface area contributed by atoms with E-state index in [1.807, 2.05) is 37.0 Å². The predicted octanol–water partition coefficient (Wildman–Crippen LogP) is 5.44. The Balaban J connectivity index is 1.42. The van der Waals surface area contributed by atoms with Gasteiger partial charge in [0.05, 0.1) is 12.2 Å². The summed E-state index contributed by atoms with van der Waals surface area (Å²) in [5, 5.41) is 4.02. The van der Waals surface area contributed by atoms with Crippen molar-refractivity contribution in [3.05, 3.63) is 87.1 Å². The third-order valence-corrected chi connectivity index (χ3v) is 10.3. The van der Waals surface area contributed by atoms with E-state index in [0.717, 1.165) is 47.9 Å². The van der Waals surface area contributed by atoms with Gasteiger partial charge in [-0.2, -0.15) is 0 Å². The molecule has 1 saturated heterocycles. The van der Waals surface area contributed by atoms with Gasteiger partial charge in [0.25, 0.3) is 0 Å². The van der Waals surface area contributed by atoms with Crippen LogP contribution in [0.2, 0.25) is 0 Å². The molecule has 3 aliphatic heterocycles. The molecule has 46 heavy (non-hydrogen) atoms. The van der Waals surface area contributed by atoms with Crippen LogP contribution in [0.4, 0.5) is 0 Å². The number of fused-ring (bicyclic) bond motifs is 2. The summed E-state index contributed by atoms with van der Waals surface area (Å²) in [5.74, 6) is 0.983. The number of hydrogen-bond acceptors (Lipinski definition) is 8. The van der Waals surface area contributed by atoms with Crippen LogP contribution >= 0.6 is 0 Å². The zero-order valence-corrected chi connectivity index (χ0v) is 27.5. The van der Waals surface area contributed by atoms with Crippen LogP contribution < -0.4 is 21.4 Å². The Bertz CT molecular complexity index is 1750. The molecule has 0 bridgehead atoms. The number of likely N-dealkylation sites (tertiary alicyclic amines) is 1. The zero-order valence-electron chi connectivity index (χ0n) is 27.5. The van der Waals surface area contributed by atoms with E-state index in [2.05, 4.69) is 25.2 Å². The molecule has 9 heteroatoms. The highest BCUT2D eigenvalue weighted by Gasteiger charge is 2.62. The van der Waals surface area contributed by atoms with Gasteiger partial charge in [0, 0.05) is 61.0 Å². The number of allylic oxidation sites excluding steroid dienone is 2. The number of esters is 1. The van der Waals surface area contributed by atoms with Crippen LogP contribution in [0.5, 0.6) is 5.75 Å². The second-order valence-electron chi connectivity index (χ2n) is 13.8. The Kier molecular flexibility index (Phi) is 8.38. The van der Waals surface area contributed by atoms with Crippen LogP contribution in [-0.2, 0) is 20.7 Å². The molecule has 4 aliphatic rings. The number of amides is 1. The number of hydrogen-bond donors (Lipinski definition) is 2. The lowest BCUT2D eigenvalue weighted by atomic mass is 9.63. The van der Waals surface area contributed by atoms with Crippen molar-refractivity contribution in [3.8, 4) is 5.75 Å². The van der Waals surface area contributed by atoms with Crippen molar-refractivity contribution in [2.24, 2.45) is 17.6 Å². The van der Waals surface area contributed by atoms with Crippen molar-refractivity contribution in [1.82, 2.24) is 10.2 Å². The smallest absolute Gasteiger partial charge is 0.336 e. The number of carbonyl (C=O) groups excluding carboxylic acids is 2. The van der Waals surface area contributed by atoms with Crippen LogP contribution in [-0.4, -0.2) is 47.1 Å². The fourth-order valence-corrected chi connectivity index (χ4v) is 7.32. The van der Waals surface area contributed by atoms with Gasteiger partial charge in [0.15, 0.2) is 11.2 Å². The van der Waals surface area contributed by atoms with Gasteiger partial charge < -0.3 is 29.8 Å². The summed E-state index contributed by atoms with van der Waals surface area (Å²) >= 11 is 0. The highest BCUT2D eigenvalue weighted by atomic mass is 16.6. The van der Waals surface area contributed by atoms with Crippen LogP contribution in [0.15, 0.2) is 80.3 Å². The third kappa shape index (κ3) is 5.65. The van der Waals surface area contributed by atoms with Crippen molar-refractivity contribution in [3.63, 3.8) is 0 Å². The van der Waals surface area contributed by atoms with E-state index in [1.165, 1.54) is 6.07 Å². The highest BCUT2D eigenvalue weighted by Crippen LogP contribution is 2.54. The van der Waals surface area contributed by atoms with Gasteiger partial charge in [0.2, 0.25) is 5.91 Å². The second kappa shape index (κ2) is 12.2. The molecule has 1 spiro atoms. The van der Waals surface area contributed by atoms with Gasteiger partial charge >= 0.3 is 11.6 Å². The summed E-state index contributed by atoms with van der Waals surface area (Å²) < 4.78 is 18.9. The van der Waals surface area contributed by atoms with Gasteiger partial charge in [-0.1, -0.05) is 32.1 Å². The average molecular weight is 628 g/mol. The Morgan fingerprint density at radius 2 is 2.07 bits per heavy atom. The summed E-state index contributed by atoms with van der Waals surface area (Å²) in [5.41, 5.74) is 7.48. The fourth-order valence-electron chi connectivity index (χ4n) is 7.32. The van der Waals surface area contributed by atoms with Crippen molar-refractivity contribution in [1.29, 1.82) is 0 Å². The maximum absolute atomic E-state index is 13.7. The molecule has 3 N–H and O–H groups in total. The summed E-state index contributed by atoms with van der Waals surface area (Å²) in [6.45, 7) is 11.1. The lowest BCUT2D eigenvalue weighted by Gasteiger charge is -2.51. The molecule has 4 heterocycles. The minimum Gasteiger partial charge on any atom is -0.481 e. The molecule has 1 aromatic carbocycles. The molecule has 2 aromatic rings. The number of nitrogens with zero attached hydrogens (tertiary/aromatic N) is 1. The topological polar surface area (TPSA) is 124 Å². The Morgan fingerprint density at radius 1 is 1.26 bits per heavy atom. The van der Waals surface area contributed by atoms with Crippen LogP contribution in [0.3, 0.4) is 0 Å². The van der Waals surface area contributed by atoms with Crippen molar-refractivity contribution < 1.29 is 23.5 Å². The summed E-state index contributed by atoms with van der Waals surface area (Å²) in [4.78, 5) is 41.1. The monoisotopic (exact) mass is 627 g/mol. The second-order valence-corrected chi connectivity index (χ2v) is 13.8. The molecular weight excluding hydrogens is 582 g/mol. The third-order valence-electron chi connectivity index (χ3n) is 10.3. The van der Waals surface area contributed by atoms with Gasteiger partial charge in [-0.25, -0.2) is 9.59 Å². The van der Waals surface area contributed by atoms with Crippen molar-refractivity contribution in [2.45, 2.75) is 90.4 Å². The number of carbonyl (C=O) groups is 2. The number of rotatable bonds is 8. The first kappa shape index (κ1) is 31.7. The Morgan fingerprint density at radius 3 is 2.78 bits per heavy atom. The minimum atomic E-state index is -1.09. The summed E-state index contributed by atoms with van der Waals surface area (Å²) in [6.07, 6.45) is 12.1. The summed E-state index contributed by atoms with van der Waals surface area (Å²) in [6, 6.07) is 7.16. The average Bonchev–Trinajstić information content (AvgIpc) is 3.36. The van der Waals surface area contributed by atoms with E-state index in [4.69, 9.17) is 19.6 Å². The summed E-state index contributed by atoms with van der Waals surface area (Å²) in [7, 11) is 0. The van der Waals surface area contributed by atoms with E-state index in [-0.39, 0.29) is 18.4 Å². The van der Waals surface area contributed by atoms with Gasteiger partial charge in [-0.15, -0.1) is 0 Å². The van der Waals surface area contributed by atoms with E-state index >= 15 is 0 Å². The highest BCUT2D eigenvalue weighted by molar-refractivity contribution is 5.88. The first-order chi connectivity index (χ1) is 21.9. The molecule has 1 aromatic heterocycles. The van der Waals surface area contributed by atoms with Gasteiger partial charge in [0.1, 0.15) is 11.3 Å². The first-order valence-corrected chi connectivity index (χ1v) is 16.4. The predicted molar refractivity (Wildman–Crippen MR) is 177 cm³/mol. The molecule has 1 amide bonds. The standard InChI is InChI=1S/C37H45N3O6/c1-6-23(4)35(43)46-36(5)14-7-8-29(37(36)20-25-16-24-10-12-34(42)44-30(24)19-31(25)45-37)28-18-32(38)39-21-26(28)17-33(41)40-15-13-27(40)11-9-22(2)3/h6-8,10,12,16,18-19,22,27,29,39H,9,11,13-15,17,20-21,38H2,1-5H3/b23-6+/t27-,29-,36+,37+/m0/s1. The minimum absolute atomic E-state index is 0.117. The maximum Gasteiger partial charge on any atom is 0.336 e. The van der Waals surface area contributed by atoms with Gasteiger partial charge in [-0.3, -0.25) is 4.79 Å². The van der Waals surface area contributed by atoms with Crippen LogP contribution in [0.1, 0.15) is 72.3 Å².